The first-order valence-corrected chi connectivity index (χ1v) is 8.57. The van der Waals surface area contributed by atoms with Crippen molar-refractivity contribution >= 4 is 28.2 Å². The molecule has 1 aliphatic heterocycles. The second-order valence-electron chi connectivity index (χ2n) is 5.90. The van der Waals surface area contributed by atoms with Gasteiger partial charge in [0.15, 0.2) is 6.54 Å². The van der Waals surface area contributed by atoms with E-state index in [2.05, 4.69) is 16.0 Å². The third-order valence-corrected chi connectivity index (χ3v) is 5.23. The van der Waals surface area contributed by atoms with Crippen LogP contribution in [0.15, 0.2) is 29.8 Å². The van der Waals surface area contributed by atoms with Crippen LogP contribution >= 0.6 is 11.3 Å². The molecule has 7 heteroatoms. The summed E-state index contributed by atoms with van der Waals surface area (Å²) in [5.74, 6) is -0.595. The van der Waals surface area contributed by atoms with Crippen LogP contribution in [0.2, 0.25) is 0 Å². The molecule has 3 heterocycles. The number of rotatable bonds is 5. The molecule has 0 spiro atoms. The summed E-state index contributed by atoms with van der Waals surface area (Å²) in [5.41, 5.74) is 6.95. The van der Waals surface area contributed by atoms with Gasteiger partial charge in [-0.3, -0.25) is 9.59 Å². The molecule has 0 bridgehead atoms. The van der Waals surface area contributed by atoms with Crippen molar-refractivity contribution in [3.63, 3.8) is 0 Å². The Balaban J connectivity index is 1.66. The maximum absolute atomic E-state index is 12.4. The number of quaternary nitrogens is 1. The number of hydrogen-bond acceptors (Lipinski definition) is 3. The first-order chi connectivity index (χ1) is 11.1. The molecule has 2 aromatic heterocycles. The molecule has 0 radical (unpaired) electrons. The first-order valence-electron chi connectivity index (χ1n) is 7.69. The maximum Gasteiger partial charge on any atom is 0.280 e. The number of carbonyl (C=O) groups is 2. The van der Waals surface area contributed by atoms with Gasteiger partial charge in [0.1, 0.15) is 11.0 Å². The van der Waals surface area contributed by atoms with Crippen molar-refractivity contribution in [2.75, 3.05) is 18.4 Å². The number of carbonyl (C=O) groups excluding carboxylic acids is 2. The van der Waals surface area contributed by atoms with Crippen LogP contribution in [-0.2, 0) is 11.8 Å². The van der Waals surface area contributed by atoms with Gasteiger partial charge < -0.3 is 20.5 Å². The lowest BCUT2D eigenvalue weighted by atomic mass is 10.1. The SMILES string of the molecule is Cn1cccc1[C@H]1CCC[NH+]1CC(=O)Nc1sccc1C(N)=O. The fourth-order valence-corrected chi connectivity index (χ4v) is 4.10. The van der Waals surface area contributed by atoms with Gasteiger partial charge in [0, 0.05) is 26.1 Å². The van der Waals surface area contributed by atoms with Crippen LogP contribution in [0.3, 0.4) is 0 Å². The third kappa shape index (κ3) is 3.30. The van der Waals surface area contributed by atoms with E-state index in [1.807, 2.05) is 19.3 Å². The second kappa shape index (κ2) is 6.55. The van der Waals surface area contributed by atoms with Crippen molar-refractivity contribution in [2.24, 2.45) is 12.8 Å². The van der Waals surface area contributed by atoms with Gasteiger partial charge in [-0.25, -0.2) is 0 Å². The summed E-state index contributed by atoms with van der Waals surface area (Å²) in [6, 6.07) is 6.15. The molecule has 0 aromatic carbocycles. The summed E-state index contributed by atoms with van der Waals surface area (Å²) in [7, 11) is 2.04. The number of aromatic nitrogens is 1. The van der Waals surface area contributed by atoms with Crippen LogP contribution in [0.1, 0.15) is 34.9 Å². The number of nitrogens with two attached hydrogens (primary N) is 1. The van der Waals surface area contributed by atoms with E-state index >= 15 is 0 Å². The average Bonchev–Trinajstić information content (AvgIpc) is 3.19. The van der Waals surface area contributed by atoms with E-state index in [0.717, 1.165) is 19.4 Å². The van der Waals surface area contributed by atoms with Gasteiger partial charge in [-0.2, -0.15) is 0 Å². The molecule has 0 saturated carbocycles. The summed E-state index contributed by atoms with van der Waals surface area (Å²) in [6.07, 6.45) is 4.24. The van der Waals surface area contributed by atoms with Gasteiger partial charge in [0.05, 0.1) is 17.8 Å². The van der Waals surface area contributed by atoms with Crippen LogP contribution in [0.25, 0.3) is 0 Å². The molecule has 1 fully saturated rings. The minimum atomic E-state index is -0.517. The van der Waals surface area contributed by atoms with Crippen molar-refractivity contribution in [1.29, 1.82) is 0 Å². The Kier molecular flexibility index (Phi) is 4.49. The maximum atomic E-state index is 12.4. The zero-order chi connectivity index (χ0) is 16.4. The molecule has 122 valence electrons. The van der Waals surface area contributed by atoms with Crippen LogP contribution in [0.5, 0.6) is 0 Å². The number of thiophene rings is 1. The molecule has 0 aliphatic carbocycles. The normalized spacial score (nSPS) is 20.6. The fraction of sp³-hybridized carbons (Fsp3) is 0.375. The molecule has 3 rings (SSSR count). The van der Waals surface area contributed by atoms with Crippen molar-refractivity contribution in [3.05, 3.63) is 41.0 Å². The highest BCUT2D eigenvalue weighted by atomic mass is 32.1. The van der Waals surface area contributed by atoms with Gasteiger partial charge in [-0.1, -0.05) is 0 Å². The molecule has 2 aromatic rings. The molecule has 6 nitrogen and oxygen atoms in total. The quantitative estimate of drug-likeness (QED) is 0.747. The molecule has 2 atom stereocenters. The van der Waals surface area contributed by atoms with Gasteiger partial charge in [-0.05, 0) is 23.6 Å². The van der Waals surface area contributed by atoms with Crippen LogP contribution in [-0.4, -0.2) is 29.5 Å². The summed E-state index contributed by atoms with van der Waals surface area (Å²) < 4.78 is 2.12. The molecular weight excluding hydrogens is 312 g/mol. The van der Waals surface area contributed by atoms with Crippen molar-refractivity contribution in [2.45, 2.75) is 18.9 Å². The Hall–Kier alpha value is -2.12. The molecule has 4 N–H and O–H groups in total. The van der Waals surface area contributed by atoms with Gasteiger partial charge >= 0.3 is 0 Å². The Bertz CT molecular complexity index is 721. The minimum absolute atomic E-state index is 0.0777. The van der Waals surface area contributed by atoms with E-state index < -0.39 is 5.91 Å². The van der Waals surface area contributed by atoms with Gasteiger partial charge in [0.25, 0.3) is 11.8 Å². The Morgan fingerprint density at radius 1 is 1.48 bits per heavy atom. The molecule has 23 heavy (non-hydrogen) atoms. The zero-order valence-electron chi connectivity index (χ0n) is 13.0. The minimum Gasteiger partial charge on any atom is -0.366 e. The number of hydrogen-bond donors (Lipinski definition) is 3. The first kappa shape index (κ1) is 15.8. The lowest BCUT2D eigenvalue weighted by molar-refractivity contribution is -0.910. The molecule has 1 aliphatic rings. The number of nitrogens with one attached hydrogen (secondary N) is 2. The highest BCUT2D eigenvalue weighted by Gasteiger charge is 2.33. The zero-order valence-corrected chi connectivity index (χ0v) is 13.9. The molecule has 2 amide bonds. The average molecular weight is 333 g/mol. The predicted octanol–water partition coefficient (Wildman–Crippen LogP) is 0.544. The summed E-state index contributed by atoms with van der Waals surface area (Å²) >= 11 is 1.32. The van der Waals surface area contributed by atoms with Crippen molar-refractivity contribution < 1.29 is 14.5 Å². The number of primary amides is 1. The van der Waals surface area contributed by atoms with Crippen molar-refractivity contribution in [1.82, 2.24) is 4.57 Å². The topological polar surface area (TPSA) is 81.6 Å². The summed E-state index contributed by atoms with van der Waals surface area (Å²) in [6.45, 7) is 1.38. The summed E-state index contributed by atoms with van der Waals surface area (Å²) in [5, 5.41) is 5.12. The third-order valence-electron chi connectivity index (χ3n) is 4.40. The van der Waals surface area contributed by atoms with Gasteiger partial charge in [0.2, 0.25) is 0 Å². The summed E-state index contributed by atoms with van der Waals surface area (Å²) in [4.78, 5) is 24.9. The van der Waals surface area contributed by atoms with E-state index in [1.165, 1.54) is 21.9 Å². The van der Waals surface area contributed by atoms with E-state index in [4.69, 9.17) is 5.73 Å². The van der Waals surface area contributed by atoms with Crippen LogP contribution in [0, 0.1) is 0 Å². The highest BCUT2D eigenvalue weighted by molar-refractivity contribution is 7.14. The van der Waals surface area contributed by atoms with E-state index in [0.29, 0.717) is 23.2 Å². The molecular formula is C16H21N4O2S+. The lowest BCUT2D eigenvalue weighted by Crippen LogP contribution is -3.11. The lowest BCUT2D eigenvalue weighted by Gasteiger charge is -2.21. The highest BCUT2D eigenvalue weighted by Crippen LogP contribution is 2.22. The van der Waals surface area contributed by atoms with Crippen molar-refractivity contribution in [3.8, 4) is 0 Å². The van der Waals surface area contributed by atoms with Gasteiger partial charge in [-0.15, -0.1) is 11.3 Å². The Morgan fingerprint density at radius 2 is 2.30 bits per heavy atom. The largest absolute Gasteiger partial charge is 0.366 e. The van der Waals surface area contributed by atoms with E-state index in [-0.39, 0.29) is 5.91 Å². The Morgan fingerprint density at radius 3 is 3.00 bits per heavy atom. The van der Waals surface area contributed by atoms with E-state index in [9.17, 15) is 9.59 Å². The smallest absolute Gasteiger partial charge is 0.280 e. The number of likely N-dealkylation sites (tertiary alicyclic amines) is 1. The van der Waals surface area contributed by atoms with Crippen LogP contribution in [0.4, 0.5) is 5.00 Å². The van der Waals surface area contributed by atoms with E-state index in [1.54, 1.807) is 11.4 Å². The number of nitrogens with zero attached hydrogens (tertiary/aromatic N) is 1. The number of anilines is 1. The predicted molar refractivity (Wildman–Crippen MR) is 89.6 cm³/mol. The second-order valence-corrected chi connectivity index (χ2v) is 6.82. The Labute approximate surface area is 138 Å². The number of aryl methyl sites for hydroxylation is 1. The molecule has 1 saturated heterocycles. The van der Waals surface area contributed by atoms with Crippen LogP contribution < -0.4 is 16.0 Å². The molecule has 1 unspecified atom stereocenters. The number of amides is 2. The fourth-order valence-electron chi connectivity index (χ4n) is 3.29. The monoisotopic (exact) mass is 333 g/mol. The standard InChI is InChI=1S/C16H20N4O2S/c1-19-7-2-4-12(19)13-5-3-8-20(13)10-14(21)18-16-11(15(17)22)6-9-23-16/h2,4,6-7,9,13H,3,5,8,10H2,1H3,(H2,17,22)(H,18,21)/p+1/t13-/m1/s1.